The molecule has 0 fully saturated rings. The molecule has 22 heavy (non-hydrogen) atoms. The summed E-state index contributed by atoms with van der Waals surface area (Å²) in [6.07, 6.45) is 0.811. The average molecular weight is 317 g/mol. The number of nitrogens with one attached hydrogen (secondary N) is 1. The molecule has 0 spiro atoms. The van der Waals surface area contributed by atoms with Crippen molar-refractivity contribution in [2.45, 2.75) is 39.3 Å². The van der Waals surface area contributed by atoms with Gasteiger partial charge in [0.05, 0.1) is 12.0 Å². The van der Waals surface area contributed by atoms with Gasteiger partial charge in [-0.15, -0.1) is 11.3 Å². The highest BCUT2D eigenvalue weighted by molar-refractivity contribution is 7.09. The highest BCUT2D eigenvalue weighted by Crippen LogP contribution is 2.24. The second kappa shape index (κ2) is 7.51. The van der Waals surface area contributed by atoms with Gasteiger partial charge in [-0.1, -0.05) is 44.2 Å². The molecule has 0 saturated carbocycles. The maximum absolute atomic E-state index is 12.5. The van der Waals surface area contributed by atoms with Crippen LogP contribution in [0.2, 0.25) is 0 Å². The number of thiazole rings is 1. The fourth-order valence-electron chi connectivity index (χ4n) is 2.30. The third-order valence-electron chi connectivity index (χ3n) is 3.80. The Morgan fingerprint density at radius 1 is 1.36 bits per heavy atom. The van der Waals surface area contributed by atoms with E-state index in [0.29, 0.717) is 0 Å². The van der Waals surface area contributed by atoms with Gasteiger partial charge in [-0.25, -0.2) is 4.98 Å². The number of nitrogens with two attached hydrogens (primary N) is 1. The molecule has 3 unspecified atom stereocenters. The molecule has 3 N–H and O–H groups in total. The maximum atomic E-state index is 12.5. The van der Waals surface area contributed by atoms with Crippen LogP contribution in [0, 0.1) is 12.8 Å². The summed E-state index contributed by atoms with van der Waals surface area (Å²) in [5.74, 6) is -0.325. The van der Waals surface area contributed by atoms with E-state index in [4.69, 9.17) is 5.73 Å². The third-order valence-corrected chi connectivity index (χ3v) is 4.87. The van der Waals surface area contributed by atoms with Crippen LogP contribution in [0.3, 0.4) is 0 Å². The zero-order chi connectivity index (χ0) is 16.1. The summed E-state index contributed by atoms with van der Waals surface area (Å²) in [7, 11) is 0. The van der Waals surface area contributed by atoms with Crippen LogP contribution >= 0.6 is 11.3 Å². The molecule has 3 atom stereocenters. The molecule has 0 aliphatic carbocycles. The second-order valence-electron chi connectivity index (χ2n) is 5.52. The van der Waals surface area contributed by atoms with Crippen molar-refractivity contribution in [3.8, 4) is 0 Å². The van der Waals surface area contributed by atoms with E-state index >= 15 is 0 Å². The third kappa shape index (κ3) is 3.93. The monoisotopic (exact) mass is 317 g/mol. The van der Waals surface area contributed by atoms with E-state index in [-0.39, 0.29) is 23.9 Å². The van der Waals surface area contributed by atoms with Crippen LogP contribution in [-0.4, -0.2) is 10.9 Å². The number of nitrogens with zero attached hydrogens (tertiary/aromatic N) is 1. The number of benzene rings is 1. The fourth-order valence-corrected chi connectivity index (χ4v) is 3.23. The first-order chi connectivity index (χ1) is 10.5. The molecular weight excluding hydrogens is 294 g/mol. The number of rotatable bonds is 6. The summed E-state index contributed by atoms with van der Waals surface area (Å²) in [6, 6.07) is 9.37. The number of aryl methyl sites for hydroxylation is 1. The number of aromatic nitrogens is 1. The maximum Gasteiger partial charge on any atom is 0.225 e. The van der Waals surface area contributed by atoms with E-state index in [9.17, 15) is 4.79 Å². The Kier molecular flexibility index (Phi) is 5.69. The minimum Gasteiger partial charge on any atom is -0.347 e. The summed E-state index contributed by atoms with van der Waals surface area (Å²) in [4.78, 5) is 17.0. The van der Waals surface area contributed by atoms with Crippen molar-refractivity contribution in [1.29, 1.82) is 0 Å². The Morgan fingerprint density at radius 2 is 2.05 bits per heavy atom. The first kappa shape index (κ1) is 16.6. The molecule has 5 heteroatoms. The predicted octanol–water partition coefficient (Wildman–Crippen LogP) is 3.35. The lowest BCUT2D eigenvalue weighted by Gasteiger charge is -2.22. The molecule has 1 aromatic heterocycles. The van der Waals surface area contributed by atoms with E-state index in [1.54, 1.807) is 11.3 Å². The number of hydrogen-bond acceptors (Lipinski definition) is 4. The zero-order valence-electron chi connectivity index (χ0n) is 13.2. The van der Waals surface area contributed by atoms with E-state index in [2.05, 4.69) is 10.3 Å². The lowest BCUT2D eigenvalue weighted by Crippen LogP contribution is -2.37. The van der Waals surface area contributed by atoms with Gasteiger partial charge in [-0.05, 0) is 18.9 Å². The highest BCUT2D eigenvalue weighted by atomic mass is 32.1. The molecule has 1 aromatic carbocycles. The number of amides is 1. The minimum atomic E-state index is -0.309. The van der Waals surface area contributed by atoms with Crippen LogP contribution in [0.4, 0.5) is 0 Å². The van der Waals surface area contributed by atoms with Gasteiger partial charge in [-0.3, -0.25) is 4.79 Å². The summed E-state index contributed by atoms with van der Waals surface area (Å²) < 4.78 is 0. The molecule has 0 saturated heterocycles. The van der Waals surface area contributed by atoms with Crippen molar-refractivity contribution in [2.24, 2.45) is 11.7 Å². The summed E-state index contributed by atoms with van der Waals surface area (Å²) in [6.45, 7) is 5.87. The van der Waals surface area contributed by atoms with E-state index in [1.165, 1.54) is 0 Å². The number of carbonyl (C=O) groups excluding carboxylic acids is 1. The second-order valence-corrected chi connectivity index (χ2v) is 6.41. The van der Waals surface area contributed by atoms with Crippen molar-refractivity contribution >= 4 is 17.2 Å². The lowest BCUT2D eigenvalue weighted by molar-refractivity contribution is -0.126. The number of carbonyl (C=O) groups is 1. The molecule has 0 aliphatic heterocycles. The molecule has 118 valence electrons. The van der Waals surface area contributed by atoms with Crippen LogP contribution < -0.4 is 11.1 Å². The molecule has 1 heterocycles. The van der Waals surface area contributed by atoms with Gasteiger partial charge in [0.1, 0.15) is 5.01 Å². The van der Waals surface area contributed by atoms with Gasteiger partial charge >= 0.3 is 0 Å². The Bertz CT molecular complexity index is 611. The molecule has 2 aromatic rings. The zero-order valence-corrected chi connectivity index (χ0v) is 14.1. The van der Waals surface area contributed by atoms with Gasteiger partial charge in [0.15, 0.2) is 0 Å². The van der Waals surface area contributed by atoms with Crippen molar-refractivity contribution in [1.82, 2.24) is 10.3 Å². The van der Waals surface area contributed by atoms with E-state index in [1.807, 2.05) is 56.5 Å². The molecule has 1 amide bonds. The van der Waals surface area contributed by atoms with Crippen molar-refractivity contribution in [3.05, 3.63) is 52.0 Å². The quantitative estimate of drug-likeness (QED) is 0.858. The molecule has 0 bridgehead atoms. The van der Waals surface area contributed by atoms with Crippen LogP contribution in [-0.2, 0) is 4.79 Å². The van der Waals surface area contributed by atoms with Crippen LogP contribution in [0.25, 0.3) is 0 Å². The normalized spacial score (nSPS) is 15.1. The summed E-state index contributed by atoms with van der Waals surface area (Å²) in [5, 5.41) is 6.03. The standard InChI is InChI=1S/C17H23N3OS/c1-4-14(17-19-11(2)10-22-17)20-16(21)12(3)15(18)13-8-6-5-7-9-13/h5-10,12,14-15H,4,18H2,1-3H3,(H,20,21). The minimum absolute atomic E-state index is 0.0314. The SMILES string of the molecule is CCC(NC(=O)C(C)C(N)c1ccccc1)c1nc(C)cs1. The molecular formula is C17H23N3OS. The Labute approximate surface area is 135 Å². The first-order valence-electron chi connectivity index (χ1n) is 7.55. The smallest absolute Gasteiger partial charge is 0.225 e. The summed E-state index contributed by atoms with van der Waals surface area (Å²) >= 11 is 1.58. The lowest BCUT2D eigenvalue weighted by atomic mass is 9.94. The number of hydrogen-bond donors (Lipinski definition) is 2. The fraction of sp³-hybridized carbons (Fsp3) is 0.412. The highest BCUT2D eigenvalue weighted by Gasteiger charge is 2.25. The molecule has 0 radical (unpaired) electrons. The van der Waals surface area contributed by atoms with Gasteiger partial charge in [-0.2, -0.15) is 0 Å². The Morgan fingerprint density at radius 3 is 2.59 bits per heavy atom. The predicted molar refractivity (Wildman–Crippen MR) is 90.6 cm³/mol. The van der Waals surface area contributed by atoms with E-state index < -0.39 is 0 Å². The summed E-state index contributed by atoms with van der Waals surface area (Å²) in [5.41, 5.74) is 8.19. The van der Waals surface area contributed by atoms with Crippen LogP contribution in [0.5, 0.6) is 0 Å². The molecule has 2 rings (SSSR count). The van der Waals surface area contributed by atoms with Crippen molar-refractivity contribution in [3.63, 3.8) is 0 Å². The Hall–Kier alpha value is -1.72. The van der Waals surface area contributed by atoms with Crippen molar-refractivity contribution in [2.75, 3.05) is 0 Å². The Balaban J connectivity index is 2.04. The van der Waals surface area contributed by atoms with Crippen LogP contribution in [0.15, 0.2) is 35.7 Å². The van der Waals surface area contributed by atoms with E-state index in [0.717, 1.165) is 22.7 Å². The van der Waals surface area contributed by atoms with Gasteiger partial charge in [0, 0.05) is 17.1 Å². The molecule has 0 aliphatic rings. The van der Waals surface area contributed by atoms with Crippen LogP contribution in [0.1, 0.15) is 48.6 Å². The average Bonchev–Trinajstić information content (AvgIpc) is 2.98. The van der Waals surface area contributed by atoms with Gasteiger partial charge < -0.3 is 11.1 Å². The van der Waals surface area contributed by atoms with Gasteiger partial charge in [0.25, 0.3) is 0 Å². The van der Waals surface area contributed by atoms with Crippen molar-refractivity contribution < 1.29 is 4.79 Å². The molecule has 4 nitrogen and oxygen atoms in total. The largest absolute Gasteiger partial charge is 0.347 e. The topological polar surface area (TPSA) is 68.0 Å². The first-order valence-corrected chi connectivity index (χ1v) is 8.43. The van der Waals surface area contributed by atoms with Gasteiger partial charge in [0.2, 0.25) is 5.91 Å².